The molecule has 1 aliphatic rings. The van der Waals surface area contributed by atoms with Gasteiger partial charge in [-0.3, -0.25) is 9.59 Å². The van der Waals surface area contributed by atoms with Crippen molar-refractivity contribution in [3.8, 4) is 0 Å². The molecule has 0 saturated carbocycles. The average molecular weight is 304 g/mol. The lowest BCUT2D eigenvalue weighted by Crippen LogP contribution is -2.40. The van der Waals surface area contributed by atoms with Gasteiger partial charge in [-0.15, -0.1) is 0 Å². The quantitative estimate of drug-likeness (QED) is 0.779. The lowest BCUT2D eigenvalue weighted by atomic mass is 9.86. The molecule has 0 saturated heterocycles. The largest absolute Gasteiger partial charge is 0.393 e. The van der Waals surface area contributed by atoms with Gasteiger partial charge in [0.05, 0.1) is 12.0 Å². The van der Waals surface area contributed by atoms with Crippen LogP contribution in [-0.4, -0.2) is 29.6 Å². The fourth-order valence-corrected chi connectivity index (χ4v) is 2.97. The normalized spacial score (nSPS) is 19.1. The van der Waals surface area contributed by atoms with Crippen molar-refractivity contribution in [1.82, 2.24) is 5.32 Å². The monoisotopic (exact) mass is 304 g/mol. The minimum absolute atomic E-state index is 0.137. The van der Waals surface area contributed by atoms with E-state index < -0.39 is 12.0 Å². The van der Waals surface area contributed by atoms with Crippen LogP contribution in [0.5, 0.6) is 0 Å². The van der Waals surface area contributed by atoms with Gasteiger partial charge in [-0.2, -0.15) is 0 Å². The number of nitrogens with one attached hydrogen (secondary N) is 2. The molecule has 2 atom stereocenters. The molecule has 0 fully saturated rings. The summed E-state index contributed by atoms with van der Waals surface area (Å²) in [6.07, 6.45) is 0.363. The van der Waals surface area contributed by atoms with Crippen molar-refractivity contribution in [1.29, 1.82) is 0 Å². The molecule has 0 aliphatic carbocycles. The van der Waals surface area contributed by atoms with Crippen LogP contribution in [0.4, 0.5) is 5.69 Å². The van der Waals surface area contributed by atoms with E-state index >= 15 is 0 Å². The summed E-state index contributed by atoms with van der Waals surface area (Å²) in [5.74, 6) is -0.727. The Balaban J connectivity index is 2.06. The molecule has 3 N–H and O–H groups in total. The predicted molar refractivity (Wildman–Crippen MR) is 85.5 cm³/mol. The molecule has 0 aromatic heterocycles. The Morgan fingerprint density at radius 2 is 2.14 bits per heavy atom. The first-order chi connectivity index (χ1) is 10.3. The molecule has 1 heterocycles. The molecule has 0 spiro atoms. The van der Waals surface area contributed by atoms with Gasteiger partial charge in [0.15, 0.2) is 0 Å². The van der Waals surface area contributed by atoms with E-state index in [4.69, 9.17) is 0 Å². The molecule has 2 amide bonds. The first-order valence-electron chi connectivity index (χ1n) is 7.63. The molecule has 1 aromatic rings. The number of anilines is 1. The van der Waals surface area contributed by atoms with Gasteiger partial charge in [-0.1, -0.05) is 32.0 Å². The van der Waals surface area contributed by atoms with Gasteiger partial charge in [0, 0.05) is 18.7 Å². The average Bonchev–Trinajstić information content (AvgIpc) is 2.42. The second-order valence-electron chi connectivity index (χ2n) is 6.83. The lowest BCUT2D eigenvalue weighted by Gasteiger charge is -2.29. The fourth-order valence-electron chi connectivity index (χ4n) is 2.97. The third-order valence-electron chi connectivity index (χ3n) is 3.91. The topological polar surface area (TPSA) is 78.4 Å². The van der Waals surface area contributed by atoms with Crippen LogP contribution in [0.25, 0.3) is 0 Å². The summed E-state index contributed by atoms with van der Waals surface area (Å²) in [5, 5.41) is 15.2. The molecular formula is C17H24N2O3. The van der Waals surface area contributed by atoms with E-state index in [2.05, 4.69) is 10.6 Å². The molecule has 2 unspecified atom stereocenters. The smallest absolute Gasteiger partial charge is 0.228 e. The van der Waals surface area contributed by atoms with E-state index in [0.29, 0.717) is 18.7 Å². The molecule has 1 aromatic carbocycles. The van der Waals surface area contributed by atoms with Crippen molar-refractivity contribution in [3.63, 3.8) is 0 Å². The number of carbonyl (C=O) groups is 2. The summed E-state index contributed by atoms with van der Waals surface area (Å²) in [5.41, 5.74) is 1.37. The zero-order chi connectivity index (χ0) is 16.3. The molecule has 22 heavy (non-hydrogen) atoms. The molecule has 1 aliphatic heterocycles. The number of rotatable bonds is 5. The number of benzene rings is 1. The molecule has 2 rings (SSSR count). The minimum atomic E-state index is -0.452. The van der Waals surface area contributed by atoms with E-state index in [1.165, 1.54) is 0 Å². The van der Waals surface area contributed by atoms with Gasteiger partial charge >= 0.3 is 0 Å². The number of carbonyl (C=O) groups excluding carboxylic acids is 2. The number of hydrogen-bond acceptors (Lipinski definition) is 3. The van der Waals surface area contributed by atoms with Crippen molar-refractivity contribution >= 4 is 17.5 Å². The maximum atomic E-state index is 12.5. The Morgan fingerprint density at radius 3 is 2.82 bits per heavy atom. The van der Waals surface area contributed by atoms with Gasteiger partial charge in [0.25, 0.3) is 0 Å². The van der Waals surface area contributed by atoms with Crippen molar-refractivity contribution < 1.29 is 14.7 Å². The first kappa shape index (κ1) is 16.5. The van der Waals surface area contributed by atoms with Crippen LogP contribution < -0.4 is 10.6 Å². The Morgan fingerprint density at radius 1 is 1.45 bits per heavy atom. The van der Waals surface area contributed by atoms with Crippen LogP contribution in [0, 0.1) is 5.41 Å². The maximum Gasteiger partial charge on any atom is 0.228 e. The van der Waals surface area contributed by atoms with Gasteiger partial charge in [0.1, 0.15) is 0 Å². The van der Waals surface area contributed by atoms with Gasteiger partial charge in [-0.05, 0) is 30.4 Å². The number of hydrogen-bond donors (Lipinski definition) is 3. The molecule has 120 valence electrons. The highest BCUT2D eigenvalue weighted by Gasteiger charge is 2.31. The Bertz CT molecular complexity index is 567. The van der Waals surface area contributed by atoms with Crippen LogP contribution in [0.3, 0.4) is 0 Å². The highest BCUT2D eigenvalue weighted by atomic mass is 16.3. The van der Waals surface area contributed by atoms with Crippen LogP contribution in [0.1, 0.15) is 45.1 Å². The van der Waals surface area contributed by atoms with Gasteiger partial charge in [0.2, 0.25) is 11.8 Å². The van der Waals surface area contributed by atoms with Crippen molar-refractivity contribution in [3.05, 3.63) is 29.8 Å². The van der Waals surface area contributed by atoms with E-state index in [0.717, 1.165) is 5.56 Å². The summed E-state index contributed by atoms with van der Waals surface area (Å²) in [6.45, 7) is 6.21. The van der Waals surface area contributed by atoms with Gasteiger partial charge in [-0.25, -0.2) is 0 Å². The van der Waals surface area contributed by atoms with Crippen molar-refractivity contribution in [2.75, 3.05) is 11.9 Å². The lowest BCUT2D eigenvalue weighted by molar-refractivity contribution is -0.126. The minimum Gasteiger partial charge on any atom is -0.393 e. The molecule has 0 radical (unpaired) electrons. The van der Waals surface area contributed by atoms with E-state index in [1.807, 2.05) is 38.1 Å². The third kappa shape index (κ3) is 4.07. The second kappa shape index (κ2) is 6.48. The summed E-state index contributed by atoms with van der Waals surface area (Å²) < 4.78 is 0. The Labute approximate surface area is 131 Å². The van der Waals surface area contributed by atoms with Crippen molar-refractivity contribution in [2.45, 2.75) is 45.6 Å². The molecule has 5 nitrogen and oxygen atoms in total. The zero-order valence-electron chi connectivity index (χ0n) is 13.3. The highest BCUT2D eigenvalue weighted by Crippen LogP contribution is 2.32. The first-order valence-corrected chi connectivity index (χ1v) is 7.63. The highest BCUT2D eigenvalue weighted by molar-refractivity contribution is 6.01. The SMILES string of the molecule is CC(O)CC(C)(C)CNC(=O)C1CC(=O)Nc2ccccc21. The summed E-state index contributed by atoms with van der Waals surface area (Å²) in [7, 11) is 0. The molecule has 5 heteroatoms. The van der Waals surface area contributed by atoms with E-state index in [1.54, 1.807) is 6.92 Å². The van der Waals surface area contributed by atoms with Crippen LogP contribution in [-0.2, 0) is 9.59 Å². The van der Waals surface area contributed by atoms with Crippen LogP contribution >= 0.6 is 0 Å². The summed E-state index contributed by atoms with van der Waals surface area (Å²) in [6, 6.07) is 7.39. The standard InChI is InChI=1S/C17H24N2O3/c1-11(20)9-17(2,3)10-18-16(22)13-8-15(21)19-14-7-5-4-6-12(13)14/h4-7,11,13,20H,8-10H2,1-3H3,(H,18,22)(H,19,21). The maximum absolute atomic E-state index is 12.5. The Hall–Kier alpha value is -1.88. The van der Waals surface area contributed by atoms with Crippen molar-refractivity contribution in [2.24, 2.45) is 5.41 Å². The number of aliphatic hydroxyl groups is 1. The Kier molecular flexibility index (Phi) is 4.86. The zero-order valence-corrected chi connectivity index (χ0v) is 13.3. The number of aliphatic hydroxyl groups excluding tert-OH is 1. The molecular weight excluding hydrogens is 280 g/mol. The number of amides is 2. The van der Waals surface area contributed by atoms with Crippen LogP contribution in [0.15, 0.2) is 24.3 Å². The number of para-hydroxylation sites is 1. The third-order valence-corrected chi connectivity index (χ3v) is 3.91. The van der Waals surface area contributed by atoms with E-state index in [-0.39, 0.29) is 23.7 Å². The second-order valence-corrected chi connectivity index (χ2v) is 6.83. The predicted octanol–water partition coefficient (Wildman–Crippen LogP) is 2.03. The summed E-state index contributed by atoms with van der Waals surface area (Å²) in [4.78, 5) is 24.2. The van der Waals surface area contributed by atoms with Crippen LogP contribution in [0.2, 0.25) is 0 Å². The molecule has 0 bridgehead atoms. The fraction of sp³-hybridized carbons (Fsp3) is 0.529. The van der Waals surface area contributed by atoms with E-state index in [9.17, 15) is 14.7 Å². The number of fused-ring (bicyclic) bond motifs is 1. The summed E-state index contributed by atoms with van der Waals surface area (Å²) >= 11 is 0. The van der Waals surface area contributed by atoms with Gasteiger partial charge < -0.3 is 15.7 Å².